The molecule has 3 aliphatic heterocycles. The van der Waals surface area contributed by atoms with Crippen molar-refractivity contribution in [3.8, 4) is 22.8 Å². The number of carbonyl (C=O) groups is 1. The lowest BCUT2D eigenvalue weighted by Gasteiger charge is -2.46. The zero-order valence-electron chi connectivity index (χ0n) is 19.3. The van der Waals surface area contributed by atoms with E-state index in [0.717, 1.165) is 12.8 Å². The molecule has 0 amide bonds. The monoisotopic (exact) mass is 503 g/mol. The summed E-state index contributed by atoms with van der Waals surface area (Å²) in [5.74, 6) is -0.269. The lowest BCUT2D eigenvalue weighted by atomic mass is 9.76. The molecule has 2 atom stereocenters. The van der Waals surface area contributed by atoms with Crippen molar-refractivity contribution in [1.82, 2.24) is 4.57 Å². The van der Waals surface area contributed by atoms with Gasteiger partial charge in [0, 0.05) is 23.2 Å². The van der Waals surface area contributed by atoms with E-state index in [4.69, 9.17) is 35.3 Å². The maximum absolute atomic E-state index is 13.3. The zero-order valence-corrected chi connectivity index (χ0v) is 20.0. The molecule has 1 N–H and O–H groups in total. The highest BCUT2D eigenvalue weighted by atomic mass is 35.5. The predicted octanol–water partition coefficient (Wildman–Crippen LogP) is 3.47. The highest BCUT2D eigenvalue weighted by Gasteiger charge is 2.48. The number of carboxylic acids is 1. The fraction of sp³-hybridized carbons (Fsp3) is 0.520. The number of nitrogens with zero attached hydrogens (tertiary/aromatic N) is 1. The van der Waals surface area contributed by atoms with E-state index in [2.05, 4.69) is 0 Å². The van der Waals surface area contributed by atoms with E-state index in [1.165, 1.54) is 6.07 Å². The van der Waals surface area contributed by atoms with Gasteiger partial charge in [0.25, 0.3) is 5.56 Å². The van der Waals surface area contributed by atoms with Crippen LogP contribution in [0.1, 0.15) is 47.8 Å². The molecule has 186 valence electrons. The molecule has 0 radical (unpaired) electrons. The Morgan fingerprint density at radius 1 is 1.23 bits per heavy atom. The minimum Gasteiger partial charge on any atom is -0.489 e. The normalized spacial score (nSPS) is 24.5. The second-order valence-corrected chi connectivity index (χ2v) is 10.3. The number of aromatic nitrogens is 1. The van der Waals surface area contributed by atoms with Gasteiger partial charge < -0.3 is 33.4 Å². The van der Waals surface area contributed by atoms with Crippen molar-refractivity contribution in [1.29, 1.82) is 0 Å². The van der Waals surface area contributed by atoms with Crippen molar-refractivity contribution in [2.45, 2.75) is 38.0 Å². The van der Waals surface area contributed by atoms with Crippen LogP contribution in [-0.2, 0) is 14.2 Å². The first-order chi connectivity index (χ1) is 16.9. The van der Waals surface area contributed by atoms with Crippen LogP contribution in [0.25, 0.3) is 11.3 Å². The molecule has 1 unspecified atom stereocenters. The summed E-state index contributed by atoms with van der Waals surface area (Å²) >= 11 is 6.63. The van der Waals surface area contributed by atoms with E-state index < -0.39 is 17.6 Å². The quantitative estimate of drug-likeness (QED) is 0.639. The number of aromatic carboxylic acids is 1. The van der Waals surface area contributed by atoms with Crippen LogP contribution >= 0.6 is 11.6 Å². The molecule has 1 aliphatic carbocycles. The third kappa shape index (κ3) is 3.91. The Morgan fingerprint density at radius 2 is 2.03 bits per heavy atom. The Hall–Kier alpha value is -2.59. The van der Waals surface area contributed by atoms with Gasteiger partial charge in [-0.15, -0.1) is 0 Å². The molecule has 0 spiro atoms. The van der Waals surface area contributed by atoms with E-state index in [9.17, 15) is 14.7 Å². The van der Waals surface area contributed by atoms with Gasteiger partial charge in [-0.1, -0.05) is 18.5 Å². The van der Waals surface area contributed by atoms with E-state index in [1.54, 1.807) is 16.7 Å². The number of fused-ring (bicyclic) bond motifs is 3. The smallest absolute Gasteiger partial charge is 0.341 e. The molecule has 2 saturated heterocycles. The van der Waals surface area contributed by atoms with Crippen molar-refractivity contribution in [2.75, 3.05) is 39.6 Å². The SMILES string of the molecule is CC1(C2Oc3cc(OC[C@H]4COCCO4)c(Cl)cc3-c3c2cc(C(=O)O)c(=O)n3C2CC2)COC1. The second kappa shape index (κ2) is 8.51. The number of hydrogen-bond donors (Lipinski definition) is 1. The molecule has 4 heterocycles. The predicted molar refractivity (Wildman–Crippen MR) is 125 cm³/mol. The summed E-state index contributed by atoms with van der Waals surface area (Å²) in [5, 5.41) is 10.1. The second-order valence-electron chi connectivity index (χ2n) is 9.88. The van der Waals surface area contributed by atoms with Gasteiger partial charge >= 0.3 is 5.97 Å². The molecule has 3 fully saturated rings. The van der Waals surface area contributed by atoms with Gasteiger partial charge in [0.2, 0.25) is 0 Å². The molecule has 4 aliphatic rings. The number of carboxylic acid groups (broad SMARTS) is 1. The summed E-state index contributed by atoms with van der Waals surface area (Å²) < 4.78 is 30.7. The van der Waals surface area contributed by atoms with Crippen LogP contribution in [0, 0.1) is 5.41 Å². The standard InChI is InChI=1S/C25H26ClNO8/c1-25(11-32-12-25)22-16-6-17(24(29)30)23(28)27(13-2-3-13)21(16)15-7-18(26)20(8-19(15)35-22)34-10-14-9-31-4-5-33-14/h6-8,13-14,22H,2-5,9-12H2,1H3,(H,29,30)/t14-,22?/m1/s1. The molecule has 35 heavy (non-hydrogen) atoms. The summed E-state index contributed by atoms with van der Waals surface area (Å²) in [7, 11) is 0. The van der Waals surface area contributed by atoms with Crippen LogP contribution in [0.5, 0.6) is 11.5 Å². The molecule has 2 aromatic rings. The van der Waals surface area contributed by atoms with Gasteiger partial charge in [0.05, 0.1) is 49.2 Å². The zero-order chi connectivity index (χ0) is 24.3. The van der Waals surface area contributed by atoms with Crippen molar-refractivity contribution in [3.05, 3.63) is 44.7 Å². The third-order valence-electron chi connectivity index (χ3n) is 7.03. The Bertz CT molecular complexity index is 1240. The Balaban J connectivity index is 1.47. The molecule has 1 saturated carbocycles. The minimum absolute atomic E-state index is 0.0502. The van der Waals surface area contributed by atoms with Crippen molar-refractivity contribution >= 4 is 17.6 Å². The Kier molecular flexibility index (Phi) is 5.56. The van der Waals surface area contributed by atoms with Crippen molar-refractivity contribution < 1.29 is 33.6 Å². The van der Waals surface area contributed by atoms with Gasteiger partial charge in [0.1, 0.15) is 35.9 Å². The number of halogens is 1. The summed E-state index contributed by atoms with van der Waals surface area (Å²) in [6, 6.07) is 4.89. The van der Waals surface area contributed by atoms with Gasteiger partial charge in [-0.05, 0) is 25.0 Å². The summed E-state index contributed by atoms with van der Waals surface area (Å²) in [4.78, 5) is 25.2. The van der Waals surface area contributed by atoms with Crippen LogP contribution < -0.4 is 15.0 Å². The molecule has 0 bridgehead atoms. The van der Waals surface area contributed by atoms with Gasteiger partial charge in [-0.3, -0.25) is 4.79 Å². The van der Waals surface area contributed by atoms with Crippen LogP contribution in [-0.4, -0.2) is 61.4 Å². The number of pyridine rings is 1. The van der Waals surface area contributed by atoms with Gasteiger partial charge in [0.15, 0.2) is 0 Å². The number of hydrogen-bond acceptors (Lipinski definition) is 7. The number of ether oxygens (including phenoxy) is 5. The maximum Gasteiger partial charge on any atom is 0.341 e. The average Bonchev–Trinajstić information content (AvgIpc) is 3.66. The van der Waals surface area contributed by atoms with Crippen molar-refractivity contribution in [2.24, 2.45) is 5.41 Å². The average molecular weight is 504 g/mol. The largest absolute Gasteiger partial charge is 0.489 e. The lowest BCUT2D eigenvalue weighted by Crippen LogP contribution is -2.48. The van der Waals surface area contributed by atoms with E-state index in [-0.39, 0.29) is 29.7 Å². The number of benzene rings is 1. The minimum atomic E-state index is -1.25. The summed E-state index contributed by atoms with van der Waals surface area (Å²) in [6.07, 6.45) is 0.946. The van der Waals surface area contributed by atoms with E-state index in [0.29, 0.717) is 66.4 Å². The van der Waals surface area contributed by atoms with E-state index in [1.807, 2.05) is 6.92 Å². The third-order valence-corrected chi connectivity index (χ3v) is 7.32. The topological polar surface area (TPSA) is 105 Å². The van der Waals surface area contributed by atoms with Gasteiger partial charge in [-0.2, -0.15) is 0 Å². The van der Waals surface area contributed by atoms with Gasteiger partial charge in [-0.25, -0.2) is 4.79 Å². The van der Waals surface area contributed by atoms with E-state index >= 15 is 0 Å². The molecule has 1 aromatic heterocycles. The molecular formula is C25H26ClNO8. The first-order valence-electron chi connectivity index (χ1n) is 11.8. The molecular weight excluding hydrogens is 478 g/mol. The number of rotatable bonds is 6. The summed E-state index contributed by atoms with van der Waals surface area (Å²) in [5.41, 5.74) is 0.852. The fourth-order valence-corrected chi connectivity index (χ4v) is 5.22. The maximum atomic E-state index is 13.3. The first-order valence-corrected chi connectivity index (χ1v) is 12.2. The molecule has 6 rings (SSSR count). The van der Waals surface area contributed by atoms with Crippen molar-refractivity contribution in [3.63, 3.8) is 0 Å². The first kappa shape index (κ1) is 22.8. The fourth-order valence-electron chi connectivity index (χ4n) is 5.00. The molecule has 1 aromatic carbocycles. The highest BCUT2D eigenvalue weighted by Crippen LogP contribution is 2.54. The lowest BCUT2D eigenvalue weighted by molar-refractivity contribution is -0.156. The van der Waals surface area contributed by atoms with Crippen LogP contribution in [0.15, 0.2) is 23.0 Å². The highest BCUT2D eigenvalue weighted by molar-refractivity contribution is 6.32. The Morgan fingerprint density at radius 3 is 2.66 bits per heavy atom. The molecule has 9 nitrogen and oxygen atoms in total. The Labute approximate surface area is 206 Å². The molecule has 10 heteroatoms. The van der Waals surface area contributed by atoms with Crippen LogP contribution in [0.4, 0.5) is 0 Å². The summed E-state index contributed by atoms with van der Waals surface area (Å²) in [6.45, 7) is 4.79. The van der Waals surface area contributed by atoms with Crippen LogP contribution in [0.3, 0.4) is 0 Å². The van der Waals surface area contributed by atoms with Crippen LogP contribution in [0.2, 0.25) is 5.02 Å².